The summed E-state index contributed by atoms with van der Waals surface area (Å²) in [5, 5.41) is 0. The minimum Gasteiger partial charge on any atom is -0.344 e. The van der Waals surface area contributed by atoms with Crippen molar-refractivity contribution >= 4 is 27.7 Å². The molecule has 0 bridgehead atoms. The maximum Gasteiger partial charge on any atom is 0.257 e. The number of hydrogen-bond acceptors (Lipinski definition) is 2. The molecule has 1 aromatic rings. The van der Waals surface area contributed by atoms with Crippen molar-refractivity contribution in [1.29, 1.82) is 0 Å². The van der Waals surface area contributed by atoms with Gasteiger partial charge in [-0.05, 0) is 24.6 Å². The number of carbonyl (C=O) groups is 2. The molecular weight excluding hydrogens is 315 g/mol. The van der Waals surface area contributed by atoms with Gasteiger partial charge >= 0.3 is 0 Å². The number of hydrogen-bond donors (Lipinski definition) is 0. The molecule has 102 valence electrons. The Bertz CT molecular complexity index is 521. The summed E-state index contributed by atoms with van der Waals surface area (Å²) in [5.41, 5.74) is 0.000512. The first-order chi connectivity index (χ1) is 8.99. The molecule has 0 atom stereocenters. The van der Waals surface area contributed by atoms with E-state index in [1.807, 2.05) is 0 Å². The number of rotatable bonds is 1. The van der Waals surface area contributed by atoms with Crippen LogP contribution in [0.3, 0.4) is 0 Å². The van der Waals surface area contributed by atoms with Crippen LogP contribution in [0, 0.1) is 5.82 Å². The second kappa shape index (κ2) is 5.69. The van der Waals surface area contributed by atoms with Gasteiger partial charge in [-0.25, -0.2) is 4.39 Å². The molecule has 6 heteroatoms. The first kappa shape index (κ1) is 14.0. The van der Waals surface area contributed by atoms with Crippen molar-refractivity contribution in [1.82, 2.24) is 9.80 Å². The Labute approximate surface area is 119 Å². The second-order valence-corrected chi connectivity index (χ2v) is 5.44. The highest BCUT2D eigenvalue weighted by Crippen LogP contribution is 2.17. The van der Waals surface area contributed by atoms with E-state index in [0.717, 1.165) is 0 Å². The Morgan fingerprint density at radius 1 is 1.37 bits per heavy atom. The van der Waals surface area contributed by atoms with Gasteiger partial charge in [-0.15, -0.1) is 0 Å². The molecule has 0 aromatic heterocycles. The second-order valence-electron chi connectivity index (χ2n) is 4.52. The Balaban J connectivity index is 2.21. The van der Waals surface area contributed by atoms with Crippen molar-refractivity contribution in [3.05, 3.63) is 34.1 Å². The molecule has 0 radical (unpaired) electrons. The van der Waals surface area contributed by atoms with Gasteiger partial charge in [-0.3, -0.25) is 9.59 Å². The van der Waals surface area contributed by atoms with Crippen LogP contribution in [-0.2, 0) is 4.79 Å². The Morgan fingerprint density at radius 3 is 2.79 bits per heavy atom. The number of halogens is 2. The van der Waals surface area contributed by atoms with Crippen molar-refractivity contribution in [2.75, 3.05) is 26.7 Å². The Morgan fingerprint density at radius 2 is 2.11 bits per heavy atom. The normalized spacial score (nSPS) is 16.5. The third kappa shape index (κ3) is 3.12. The van der Waals surface area contributed by atoms with Crippen LogP contribution in [0.5, 0.6) is 0 Å². The standard InChI is InChI=1S/C13H14BrFN2O2/c1-16-5-2-6-17(8-12(16)18)13(19)10-4-3-9(14)7-11(10)15/h3-4,7H,2,5-6,8H2,1H3. The highest BCUT2D eigenvalue weighted by Gasteiger charge is 2.25. The summed E-state index contributed by atoms with van der Waals surface area (Å²) >= 11 is 3.15. The van der Waals surface area contributed by atoms with Gasteiger partial charge in [0.25, 0.3) is 5.91 Å². The molecule has 2 amide bonds. The van der Waals surface area contributed by atoms with Crippen molar-refractivity contribution in [3.8, 4) is 0 Å². The first-order valence-corrected chi connectivity index (χ1v) is 6.76. The van der Waals surface area contributed by atoms with Crippen molar-refractivity contribution in [2.24, 2.45) is 0 Å². The van der Waals surface area contributed by atoms with E-state index in [1.165, 1.54) is 17.0 Å². The molecule has 19 heavy (non-hydrogen) atoms. The number of amides is 2. The zero-order valence-electron chi connectivity index (χ0n) is 10.5. The molecular formula is C13H14BrFN2O2. The molecule has 1 aromatic carbocycles. The fourth-order valence-electron chi connectivity index (χ4n) is 1.99. The molecule has 0 N–H and O–H groups in total. The average molecular weight is 329 g/mol. The van der Waals surface area contributed by atoms with E-state index in [9.17, 15) is 14.0 Å². The lowest BCUT2D eigenvalue weighted by molar-refractivity contribution is -0.129. The summed E-state index contributed by atoms with van der Waals surface area (Å²) in [7, 11) is 1.70. The lowest BCUT2D eigenvalue weighted by Gasteiger charge is -2.20. The summed E-state index contributed by atoms with van der Waals surface area (Å²) < 4.78 is 14.3. The summed E-state index contributed by atoms with van der Waals surface area (Å²) in [4.78, 5) is 27.0. The van der Waals surface area contributed by atoms with E-state index in [0.29, 0.717) is 24.0 Å². The van der Waals surface area contributed by atoms with Crippen LogP contribution in [0.1, 0.15) is 16.8 Å². The number of nitrogens with zero attached hydrogens (tertiary/aromatic N) is 2. The highest BCUT2D eigenvalue weighted by atomic mass is 79.9. The van der Waals surface area contributed by atoms with Gasteiger partial charge in [0.05, 0.1) is 5.56 Å². The molecule has 0 saturated carbocycles. The molecule has 1 heterocycles. The number of carbonyl (C=O) groups excluding carboxylic acids is 2. The Kier molecular flexibility index (Phi) is 4.19. The molecule has 1 saturated heterocycles. The summed E-state index contributed by atoms with van der Waals surface area (Å²) in [5.74, 6) is -1.14. The largest absolute Gasteiger partial charge is 0.344 e. The Hall–Kier alpha value is -1.43. The summed E-state index contributed by atoms with van der Waals surface area (Å²) in [6.07, 6.45) is 0.701. The number of likely N-dealkylation sites (N-methyl/N-ethyl adjacent to an activating group) is 1. The van der Waals surface area contributed by atoms with E-state index in [4.69, 9.17) is 0 Å². The predicted octanol–water partition coefficient (Wildman–Crippen LogP) is 1.89. The van der Waals surface area contributed by atoms with E-state index in [2.05, 4.69) is 15.9 Å². The fraction of sp³-hybridized carbons (Fsp3) is 0.385. The molecule has 4 nitrogen and oxygen atoms in total. The summed E-state index contributed by atoms with van der Waals surface area (Å²) in [6.45, 7) is 1.08. The number of benzene rings is 1. The zero-order chi connectivity index (χ0) is 14.0. The van der Waals surface area contributed by atoms with Crippen LogP contribution in [0.25, 0.3) is 0 Å². The van der Waals surface area contributed by atoms with Crippen LogP contribution < -0.4 is 0 Å². The predicted molar refractivity (Wildman–Crippen MR) is 72.3 cm³/mol. The average Bonchev–Trinajstić information content (AvgIpc) is 2.51. The van der Waals surface area contributed by atoms with Gasteiger partial charge in [-0.1, -0.05) is 15.9 Å². The van der Waals surface area contributed by atoms with E-state index >= 15 is 0 Å². The molecule has 1 aliphatic rings. The highest BCUT2D eigenvalue weighted by molar-refractivity contribution is 9.10. The quantitative estimate of drug-likeness (QED) is 0.790. The molecule has 0 spiro atoms. The van der Waals surface area contributed by atoms with Crippen LogP contribution in [0.2, 0.25) is 0 Å². The fourth-order valence-corrected chi connectivity index (χ4v) is 2.33. The first-order valence-electron chi connectivity index (χ1n) is 5.97. The van der Waals surface area contributed by atoms with Gasteiger partial charge < -0.3 is 9.80 Å². The van der Waals surface area contributed by atoms with Crippen LogP contribution in [0.15, 0.2) is 22.7 Å². The van der Waals surface area contributed by atoms with Crippen LogP contribution in [0.4, 0.5) is 4.39 Å². The SMILES string of the molecule is CN1CCCN(C(=O)c2ccc(Br)cc2F)CC1=O. The smallest absolute Gasteiger partial charge is 0.257 e. The van der Waals surface area contributed by atoms with Crippen LogP contribution >= 0.6 is 15.9 Å². The maximum atomic E-state index is 13.8. The van der Waals surface area contributed by atoms with Gasteiger partial charge in [-0.2, -0.15) is 0 Å². The van der Waals surface area contributed by atoms with Crippen LogP contribution in [-0.4, -0.2) is 48.3 Å². The van der Waals surface area contributed by atoms with Gasteiger partial charge in [0, 0.05) is 24.6 Å². The van der Waals surface area contributed by atoms with E-state index in [-0.39, 0.29) is 18.0 Å². The minimum atomic E-state index is -0.579. The minimum absolute atomic E-state index is 0.000512. The topological polar surface area (TPSA) is 40.6 Å². The lowest BCUT2D eigenvalue weighted by Crippen LogP contribution is -2.38. The maximum absolute atomic E-state index is 13.8. The van der Waals surface area contributed by atoms with Gasteiger partial charge in [0.2, 0.25) is 5.91 Å². The molecule has 0 aliphatic carbocycles. The van der Waals surface area contributed by atoms with E-state index in [1.54, 1.807) is 18.0 Å². The van der Waals surface area contributed by atoms with Crippen molar-refractivity contribution in [3.63, 3.8) is 0 Å². The van der Waals surface area contributed by atoms with Gasteiger partial charge in [0.15, 0.2) is 0 Å². The summed E-state index contributed by atoms with van der Waals surface area (Å²) in [6, 6.07) is 4.29. The molecule has 1 fully saturated rings. The molecule has 0 unspecified atom stereocenters. The third-order valence-electron chi connectivity index (χ3n) is 3.12. The molecule has 2 rings (SSSR count). The van der Waals surface area contributed by atoms with Gasteiger partial charge in [0.1, 0.15) is 12.4 Å². The molecule has 1 aliphatic heterocycles. The lowest BCUT2D eigenvalue weighted by atomic mass is 10.2. The van der Waals surface area contributed by atoms with E-state index < -0.39 is 11.7 Å². The third-order valence-corrected chi connectivity index (χ3v) is 3.62. The van der Waals surface area contributed by atoms with Crippen molar-refractivity contribution in [2.45, 2.75) is 6.42 Å². The van der Waals surface area contributed by atoms with Crippen molar-refractivity contribution < 1.29 is 14.0 Å². The monoisotopic (exact) mass is 328 g/mol. The zero-order valence-corrected chi connectivity index (χ0v) is 12.1.